The van der Waals surface area contributed by atoms with Gasteiger partial charge >= 0.3 is 6.03 Å². The highest BCUT2D eigenvalue weighted by molar-refractivity contribution is 5.72. The molecule has 0 saturated carbocycles. The molecule has 7 heteroatoms. The SMILES string of the molecule is O=C(NCc1ccc(-n2ccnc2)c(F)c1)NOCc1ccccc1. The van der Waals surface area contributed by atoms with Crippen molar-refractivity contribution < 1.29 is 14.0 Å². The van der Waals surface area contributed by atoms with Gasteiger partial charge in [0.2, 0.25) is 0 Å². The lowest BCUT2D eigenvalue weighted by molar-refractivity contribution is 0.0490. The minimum absolute atomic E-state index is 0.182. The van der Waals surface area contributed by atoms with Gasteiger partial charge in [-0.05, 0) is 23.3 Å². The largest absolute Gasteiger partial charge is 0.338 e. The molecule has 1 aromatic heterocycles. The van der Waals surface area contributed by atoms with Crippen molar-refractivity contribution in [2.45, 2.75) is 13.2 Å². The van der Waals surface area contributed by atoms with Gasteiger partial charge in [0.1, 0.15) is 5.82 Å². The van der Waals surface area contributed by atoms with Gasteiger partial charge in [0.15, 0.2) is 0 Å². The van der Waals surface area contributed by atoms with Crippen molar-refractivity contribution in [2.75, 3.05) is 0 Å². The van der Waals surface area contributed by atoms with Gasteiger partial charge < -0.3 is 9.88 Å². The fourth-order valence-corrected chi connectivity index (χ4v) is 2.25. The number of carbonyl (C=O) groups excluding carboxylic acids is 1. The number of rotatable bonds is 6. The molecule has 3 aromatic rings. The van der Waals surface area contributed by atoms with Crippen molar-refractivity contribution in [3.05, 3.63) is 84.2 Å². The van der Waals surface area contributed by atoms with Crippen LogP contribution in [0.5, 0.6) is 0 Å². The Bertz CT molecular complexity index is 822. The van der Waals surface area contributed by atoms with Gasteiger partial charge in [0.25, 0.3) is 0 Å². The Morgan fingerprint density at radius 3 is 2.72 bits per heavy atom. The Balaban J connectivity index is 1.46. The average Bonchev–Trinajstić information content (AvgIpc) is 3.15. The maximum atomic E-state index is 14.1. The number of hydrogen-bond acceptors (Lipinski definition) is 3. The van der Waals surface area contributed by atoms with Crippen molar-refractivity contribution in [3.63, 3.8) is 0 Å². The van der Waals surface area contributed by atoms with Crippen LogP contribution in [0.3, 0.4) is 0 Å². The second-order valence-electron chi connectivity index (χ2n) is 5.31. The van der Waals surface area contributed by atoms with Crippen LogP contribution in [-0.2, 0) is 18.0 Å². The Hall–Kier alpha value is -3.19. The Morgan fingerprint density at radius 1 is 1.16 bits per heavy atom. The molecule has 2 aromatic carbocycles. The third kappa shape index (κ3) is 4.65. The van der Waals surface area contributed by atoms with Gasteiger partial charge in [-0.1, -0.05) is 36.4 Å². The van der Waals surface area contributed by atoms with Gasteiger partial charge in [-0.3, -0.25) is 4.84 Å². The van der Waals surface area contributed by atoms with E-state index < -0.39 is 11.8 Å². The number of halogens is 1. The molecule has 0 atom stereocenters. The van der Waals surface area contributed by atoms with E-state index in [9.17, 15) is 9.18 Å². The summed E-state index contributed by atoms with van der Waals surface area (Å²) in [4.78, 5) is 20.7. The minimum atomic E-state index is -0.491. The Labute approximate surface area is 144 Å². The summed E-state index contributed by atoms with van der Waals surface area (Å²) < 4.78 is 15.7. The van der Waals surface area contributed by atoms with Crippen LogP contribution in [0.25, 0.3) is 5.69 Å². The summed E-state index contributed by atoms with van der Waals surface area (Å²) in [6.07, 6.45) is 4.76. The number of amides is 2. The first-order chi connectivity index (χ1) is 12.2. The van der Waals surface area contributed by atoms with Crippen LogP contribution < -0.4 is 10.8 Å². The number of nitrogens with zero attached hydrogens (tertiary/aromatic N) is 2. The molecule has 0 radical (unpaired) electrons. The zero-order valence-corrected chi connectivity index (χ0v) is 13.4. The minimum Gasteiger partial charge on any atom is -0.332 e. The maximum Gasteiger partial charge on any atom is 0.338 e. The van der Waals surface area contributed by atoms with Gasteiger partial charge in [-0.25, -0.2) is 19.6 Å². The molecule has 25 heavy (non-hydrogen) atoms. The van der Waals surface area contributed by atoms with Crippen molar-refractivity contribution in [3.8, 4) is 5.69 Å². The van der Waals surface area contributed by atoms with Crippen molar-refractivity contribution >= 4 is 6.03 Å². The van der Waals surface area contributed by atoms with Crippen LogP contribution in [0.1, 0.15) is 11.1 Å². The summed E-state index contributed by atoms with van der Waals surface area (Å²) >= 11 is 0. The monoisotopic (exact) mass is 340 g/mol. The maximum absolute atomic E-state index is 14.1. The first-order valence-corrected chi connectivity index (χ1v) is 7.69. The number of benzene rings is 2. The van der Waals surface area contributed by atoms with E-state index in [0.717, 1.165) is 5.56 Å². The van der Waals surface area contributed by atoms with E-state index in [1.54, 1.807) is 29.1 Å². The van der Waals surface area contributed by atoms with E-state index in [1.165, 1.54) is 12.4 Å². The number of carbonyl (C=O) groups is 1. The molecular formula is C18H17FN4O2. The molecule has 0 aliphatic heterocycles. The third-order valence-corrected chi connectivity index (χ3v) is 3.49. The van der Waals surface area contributed by atoms with Crippen LogP contribution in [0.4, 0.5) is 9.18 Å². The van der Waals surface area contributed by atoms with E-state index >= 15 is 0 Å². The molecule has 0 aliphatic carbocycles. The molecule has 0 spiro atoms. The zero-order valence-electron chi connectivity index (χ0n) is 13.4. The first kappa shape index (κ1) is 16.7. The molecule has 2 N–H and O–H groups in total. The molecule has 6 nitrogen and oxygen atoms in total. The summed E-state index contributed by atoms with van der Waals surface area (Å²) in [5, 5.41) is 2.61. The molecule has 0 bridgehead atoms. The van der Waals surface area contributed by atoms with Crippen molar-refractivity contribution in [1.82, 2.24) is 20.3 Å². The Kier molecular flexibility index (Phi) is 5.38. The number of hydrogen-bond donors (Lipinski definition) is 2. The zero-order chi connectivity index (χ0) is 17.5. The summed E-state index contributed by atoms with van der Waals surface area (Å²) in [5.74, 6) is -0.391. The molecule has 1 heterocycles. The number of imidazole rings is 1. The van der Waals surface area contributed by atoms with E-state index in [0.29, 0.717) is 11.3 Å². The van der Waals surface area contributed by atoms with Gasteiger partial charge in [0.05, 0.1) is 18.6 Å². The van der Waals surface area contributed by atoms with Gasteiger partial charge in [-0.15, -0.1) is 0 Å². The second kappa shape index (κ2) is 8.07. The van der Waals surface area contributed by atoms with Crippen LogP contribution in [0.2, 0.25) is 0 Å². The highest BCUT2D eigenvalue weighted by atomic mass is 19.1. The Morgan fingerprint density at radius 2 is 2.00 bits per heavy atom. The summed E-state index contributed by atoms with van der Waals surface area (Å²) in [7, 11) is 0. The van der Waals surface area contributed by atoms with Crippen molar-refractivity contribution in [2.24, 2.45) is 0 Å². The quantitative estimate of drug-likeness (QED) is 0.678. The summed E-state index contributed by atoms with van der Waals surface area (Å²) in [5.41, 5.74) is 4.28. The van der Waals surface area contributed by atoms with E-state index in [4.69, 9.17) is 4.84 Å². The molecular weight excluding hydrogens is 323 g/mol. The predicted octanol–water partition coefficient (Wildman–Crippen LogP) is 2.94. The average molecular weight is 340 g/mol. The fourth-order valence-electron chi connectivity index (χ4n) is 2.25. The smallest absolute Gasteiger partial charge is 0.332 e. The van der Waals surface area contributed by atoms with Crippen molar-refractivity contribution in [1.29, 1.82) is 0 Å². The molecule has 128 valence electrons. The molecule has 2 amide bonds. The molecule has 3 rings (SSSR count). The van der Waals surface area contributed by atoms with E-state index in [1.807, 2.05) is 30.3 Å². The molecule has 0 saturated heterocycles. The van der Waals surface area contributed by atoms with Gasteiger partial charge in [-0.2, -0.15) is 0 Å². The third-order valence-electron chi connectivity index (χ3n) is 3.49. The highest BCUT2D eigenvalue weighted by Crippen LogP contribution is 2.14. The second-order valence-corrected chi connectivity index (χ2v) is 5.31. The molecule has 0 fully saturated rings. The lowest BCUT2D eigenvalue weighted by atomic mass is 10.2. The van der Waals surface area contributed by atoms with Crippen LogP contribution >= 0.6 is 0 Å². The van der Waals surface area contributed by atoms with E-state index in [-0.39, 0.29) is 13.2 Å². The number of nitrogens with one attached hydrogen (secondary N) is 2. The van der Waals surface area contributed by atoms with Crippen LogP contribution in [0, 0.1) is 5.82 Å². The van der Waals surface area contributed by atoms with E-state index in [2.05, 4.69) is 15.8 Å². The lowest BCUT2D eigenvalue weighted by Crippen LogP contribution is -2.34. The summed E-state index contributed by atoms with van der Waals surface area (Å²) in [6.45, 7) is 0.449. The molecule has 0 aliphatic rings. The predicted molar refractivity (Wildman–Crippen MR) is 90.1 cm³/mol. The number of hydroxylamine groups is 1. The lowest BCUT2D eigenvalue weighted by Gasteiger charge is -2.09. The first-order valence-electron chi connectivity index (χ1n) is 7.69. The van der Waals surface area contributed by atoms with Crippen LogP contribution in [0.15, 0.2) is 67.3 Å². The molecule has 0 unspecified atom stereocenters. The highest BCUT2D eigenvalue weighted by Gasteiger charge is 2.07. The van der Waals surface area contributed by atoms with Crippen LogP contribution in [-0.4, -0.2) is 15.6 Å². The fraction of sp³-hybridized carbons (Fsp3) is 0.111. The number of aromatic nitrogens is 2. The topological polar surface area (TPSA) is 68.2 Å². The normalized spacial score (nSPS) is 10.4. The summed E-state index contributed by atoms with van der Waals surface area (Å²) in [6, 6.07) is 13.7. The number of urea groups is 1. The standard InChI is InChI=1S/C18H17FN4O2/c19-16-10-15(6-7-17(16)23-9-8-20-13-23)11-21-18(24)22-25-12-14-4-2-1-3-5-14/h1-10,13H,11-12H2,(H2,21,22,24). The van der Waals surface area contributed by atoms with Gasteiger partial charge in [0, 0.05) is 18.9 Å².